The summed E-state index contributed by atoms with van der Waals surface area (Å²) >= 11 is 0. The van der Waals surface area contributed by atoms with Crippen molar-refractivity contribution in [3.63, 3.8) is 0 Å². The van der Waals surface area contributed by atoms with Gasteiger partial charge in [0.15, 0.2) is 0 Å². The molecule has 0 unspecified atom stereocenters. The standard InChI is InChI=1S/C6H14F2N2/c7-1-4-10(5-2-8)6-3-9/h1-6,9H2. The van der Waals surface area contributed by atoms with Gasteiger partial charge in [-0.2, -0.15) is 0 Å². The van der Waals surface area contributed by atoms with Gasteiger partial charge in [0.1, 0.15) is 13.3 Å². The molecule has 0 saturated carbocycles. The van der Waals surface area contributed by atoms with Gasteiger partial charge in [-0.05, 0) is 0 Å². The first-order chi connectivity index (χ1) is 4.85. The van der Waals surface area contributed by atoms with Gasteiger partial charge in [0.2, 0.25) is 0 Å². The van der Waals surface area contributed by atoms with Gasteiger partial charge in [-0.1, -0.05) is 0 Å². The molecule has 0 fully saturated rings. The molecule has 0 radical (unpaired) electrons. The van der Waals surface area contributed by atoms with Crippen LogP contribution < -0.4 is 5.73 Å². The quantitative estimate of drug-likeness (QED) is 0.588. The van der Waals surface area contributed by atoms with Gasteiger partial charge in [0.25, 0.3) is 0 Å². The van der Waals surface area contributed by atoms with E-state index in [1.54, 1.807) is 4.90 Å². The van der Waals surface area contributed by atoms with Crippen LogP contribution in [-0.4, -0.2) is 44.4 Å². The van der Waals surface area contributed by atoms with E-state index in [0.717, 1.165) is 0 Å². The van der Waals surface area contributed by atoms with Crippen molar-refractivity contribution >= 4 is 0 Å². The number of hydrogen-bond acceptors (Lipinski definition) is 2. The third kappa shape index (κ3) is 4.64. The lowest BCUT2D eigenvalue weighted by Crippen LogP contribution is -2.33. The molecule has 62 valence electrons. The van der Waals surface area contributed by atoms with E-state index in [1.807, 2.05) is 0 Å². The molecule has 0 bridgehead atoms. The Bertz CT molecular complexity index is 56.5. The van der Waals surface area contributed by atoms with Crippen LogP contribution in [0.2, 0.25) is 0 Å². The van der Waals surface area contributed by atoms with E-state index in [4.69, 9.17) is 5.73 Å². The highest BCUT2D eigenvalue weighted by molar-refractivity contribution is 4.55. The smallest absolute Gasteiger partial charge is 0.102 e. The van der Waals surface area contributed by atoms with Crippen LogP contribution in [0.15, 0.2) is 0 Å². The van der Waals surface area contributed by atoms with Gasteiger partial charge in [0, 0.05) is 26.2 Å². The molecule has 2 N–H and O–H groups in total. The first-order valence-corrected chi connectivity index (χ1v) is 3.39. The Balaban J connectivity index is 3.30. The predicted octanol–water partition coefficient (Wildman–Crippen LogP) is 0.186. The van der Waals surface area contributed by atoms with Crippen molar-refractivity contribution < 1.29 is 8.78 Å². The Morgan fingerprint density at radius 2 is 1.50 bits per heavy atom. The van der Waals surface area contributed by atoms with Crippen LogP contribution in [0, 0.1) is 0 Å². The maximum absolute atomic E-state index is 11.7. The molecule has 4 heteroatoms. The average Bonchev–Trinajstić information content (AvgIpc) is 1.90. The SMILES string of the molecule is NCCN(CCF)CCF. The summed E-state index contributed by atoms with van der Waals surface area (Å²) in [4.78, 5) is 1.67. The van der Waals surface area contributed by atoms with Gasteiger partial charge in [-0.3, -0.25) is 4.90 Å². The topological polar surface area (TPSA) is 29.3 Å². The fourth-order valence-corrected chi connectivity index (χ4v) is 0.757. The molecule has 0 aliphatic heterocycles. The molecule has 2 nitrogen and oxygen atoms in total. The molecule has 0 rings (SSSR count). The van der Waals surface area contributed by atoms with Crippen molar-refractivity contribution in [1.82, 2.24) is 4.90 Å². The minimum atomic E-state index is -0.431. The maximum Gasteiger partial charge on any atom is 0.102 e. The summed E-state index contributed by atoms with van der Waals surface area (Å²) in [7, 11) is 0. The molecule has 0 aliphatic carbocycles. The van der Waals surface area contributed by atoms with E-state index >= 15 is 0 Å². The molecule has 0 aliphatic rings. The van der Waals surface area contributed by atoms with Crippen molar-refractivity contribution in [2.45, 2.75) is 0 Å². The minimum Gasteiger partial charge on any atom is -0.329 e. The Hall–Kier alpha value is -0.220. The van der Waals surface area contributed by atoms with E-state index in [-0.39, 0.29) is 0 Å². The summed E-state index contributed by atoms with van der Waals surface area (Å²) in [6.45, 7) is 0.760. The normalized spacial score (nSPS) is 10.8. The fraction of sp³-hybridized carbons (Fsp3) is 1.00. The molecule has 0 aromatic rings. The van der Waals surface area contributed by atoms with Crippen molar-refractivity contribution in [3.05, 3.63) is 0 Å². The van der Waals surface area contributed by atoms with Gasteiger partial charge in [0.05, 0.1) is 0 Å². The molecule has 0 amide bonds. The molecule has 0 aromatic heterocycles. The Labute approximate surface area is 60.0 Å². The number of nitrogens with two attached hydrogens (primary N) is 1. The Morgan fingerprint density at radius 3 is 1.80 bits per heavy atom. The molecule has 0 heterocycles. The highest BCUT2D eigenvalue weighted by atomic mass is 19.1. The van der Waals surface area contributed by atoms with Gasteiger partial charge in [-0.15, -0.1) is 0 Å². The van der Waals surface area contributed by atoms with Gasteiger partial charge < -0.3 is 5.73 Å². The maximum atomic E-state index is 11.7. The number of hydrogen-bond donors (Lipinski definition) is 1. The summed E-state index contributed by atoms with van der Waals surface area (Å²) in [5.74, 6) is 0. The van der Waals surface area contributed by atoms with Crippen LogP contribution in [0.3, 0.4) is 0 Å². The summed E-state index contributed by atoms with van der Waals surface area (Å²) in [5, 5.41) is 0. The van der Waals surface area contributed by atoms with Crippen LogP contribution in [0.4, 0.5) is 8.78 Å². The molecule has 0 atom stereocenters. The monoisotopic (exact) mass is 152 g/mol. The Morgan fingerprint density at radius 1 is 1.00 bits per heavy atom. The number of alkyl halides is 2. The first-order valence-electron chi connectivity index (χ1n) is 3.39. The van der Waals surface area contributed by atoms with Crippen molar-refractivity contribution in [2.24, 2.45) is 5.73 Å². The summed E-state index contributed by atoms with van der Waals surface area (Å²) in [6, 6.07) is 0. The van der Waals surface area contributed by atoms with Gasteiger partial charge in [-0.25, -0.2) is 8.78 Å². The zero-order valence-corrected chi connectivity index (χ0v) is 6.02. The van der Waals surface area contributed by atoms with Crippen LogP contribution >= 0.6 is 0 Å². The molecular weight excluding hydrogens is 138 g/mol. The van der Waals surface area contributed by atoms with Crippen molar-refractivity contribution in [1.29, 1.82) is 0 Å². The average molecular weight is 152 g/mol. The number of rotatable bonds is 6. The van der Waals surface area contributed by atoms with E-state index in [0.29, 0.717) is 26.2 Å². The molecule has 10 heavy (non-hydrogen) atoms. The second-order valence-corrected chi connectivity index (χ2v) is 2.01. The molecule has 0 spiro atoms. The number of nitrogens with zero attached hydrogens (tertiary/aromatic N) is 1. The lowest BCUT2D eigenvalue weighted by atomic mass is 10.4. The predicted molar refractivity (Wildman–Crippen MR) is 37.4 cm³/mol. The van der Waals surface area contributed by atoms with E-state index < -0.39 is 13.3 Å². The second kappa shape index (κ2) is 6.89. The zero-order chi connectivity index (χ0) is 7.82. The third-order valence-corrected chi connectivity index (χ3v) is 1.25. The summed E-state index contributed by atoms with van der Waals surface area (Å²) in [5.41, 5.74) is 5.20. The lowest BCUT2D eigenvalue weighted by Gasteiger charge is -2.17. The largest absolute Gasteiger partial charge is 0.329 e. The van der Waals surface area contributed by atoms with Crippen LogP contribution in [0.5, 0.6) is 0 Å². The first kappa shape index (κ1) is 9.78. The van der Waals surface area contributed by atoms with Crippen LogP contribution in [-0.2, 0) is 0 Å². The third-order valence-electron chi connectivity index (χ3n) is 1.25. The lowest BCUT2D eigenvalue weighted by molar-refractivity contribution is 0.233. The van der Waals surface area contributed by atoms with Crippen LogP contribution in [0.25, 0.3) is 0 Å². The summed E-state index contributed by atoms with van der Waals surface area (Å²) < 4.78 is 23.4. The van der Waals surface area contributed by atoms with E-state index in [2.05, 4.69) is 0 Å². The highest BCUT2D eigenvalue weighted by Crippen LogP contribution is 1.86. The minimum absolute atomic E-state index is 0.293. The van der Waals surface area contributed by atoms with E-state index in [1.165, 1.54) is 0 Å². The van der Waals surface area contributed by atoms with Crippen LogP contribution in [0.1, 0.15) is 0 Å². The van der Waals surface area contributed by atoms with Crippen molar-refractivity contribution in [3.8, 4) is 0 Å². The summed E-state index contributed by atoms with van der Waals surface area (Å²) in [6.07, 6.45) is 0. The molecular formula is C6H14F2N2. The number of halogens is 2. The molecule has 0 saturated heterocycles. The van der Waals surface area contributed by atoms with E-state index in [9.17, 15) is 8.78 Å². The molecule has 0 aromatic carbocycles. The Kier molecular flexibility index (Phi) is 6.74. The second-order valence-electron chi connectivity index (χ2n) is 2.01. The van der Waals surface area contributed by atoms with Crippen molar-refractivity contribution in [2.75, 3.05) is 39.5 Å². The zero-order valence-electron chi connectivity index (χ0n) is 6.02. The fourth-order valence-electron chi connectivity index (χ4n) is 0.757. The highest BCUT2D eigenvalue weighted by Gasteiger charge is 2.01. The van der Waals surface area contributed by atoms with Gasteiger partial charge >= 0.3 is 0 Å².